The maximum Gasteiger partial charge on any atom is 0.169 e. The third kappa shape index (κ3) is 2.23. The molecule has 0 bridgehead atoms. The summed E-state index contributed by atoms with van der Waals surface area (Å²) in [6.45, 7) is 0. The standard InChI is InChI=1S/C16H17NOS/c18-11-14-12-19-15(17-14)16(9-5-2-6-10-16)13-7-3-1-4-8-13/h1,3-4,7-8,11-12H,2,5-6,9-10H2. The van der Waals surface area contributed by atoms with Crippen molar-refractivity contribution in [2.24, 2.45) is 0 Å². The van der Waals surface area contributed by atoms with Crippen molar-refractivity contribution in [3.8, 4) is 0 Å². The number of aldehydes is 1. The molecule has 1 aliphatic carbocycles. The van der Waals surface area contributed by atoms with Crippen molar-refractivity contribution in [3.63, 3.8) is 0 Å². The lowest BCUT2D eigenvalue weighted by Crippen LogP contribution is -2.30. The third-order valence-corrected chi connectivity index (χ3v) is 5.15. The summed E-state index contributed by atoms with van der Waals surface area (Å²) in [5.41, 5.74) is 1.95. The van der Waals surface area contributed by atoms with Gasteiger partial charge in [0.25, 0.3) is 0 Å². The molecule has 0 unspecified atom stereocenters. The summed E-state index contributed by atoms with van der Waals surface area (Å²) in [5, 5.41) is 2.99. The van der Waals surface area contributed by atoms with E-state index in [9.17, 15) is 4.79 Å². The number of hydrogen-bond donors (Lipinski definition) is 0. The van der Waals surface area contributed by atoms with Crippen LogP contribution in [0.1, 0.15) is 53.2 Å². The van der Waals surface area contributed by atoms with Gasteiger partial charge in [0.15, 0.2) is 6.29 Å². The van der Waals surface area contributed by atoms with E-state index < -0.39 is 0 Å². The number of benzene rings is 1. The molecule has 2 aromatic rings. The van der Waals surface area contributed by atoms with Gasteiger partial charge in [0.1, 0.15) is 10.7 Å². The molecule has 1 aromatic heterocycles. The van der Waals surface area contributed by atoms with Crippen molar-refractivity contribution < 1.29 is 4.79 Å². The van der Waals surface area contributed by atoms with Gasteiger partial charge >= 0.3 is 0 Å². The number of hydrogen-bond acceptors (Lipinski definition) is 3. The Labute approximate surface area is 117 Å². The molecule has 0 radical (unpaired) electrons. The van der Waals surface area contributed by atoms with Gasteiger partial charge in [-0.15, -0.1) is 11.3 Å². The number of nitrogens with zero attached hydrogens (tertiary/aromatic N) is 1. The first-order valence-electron chi connectivity index (χ1n) is 6.82. The first kappa shape index (κ1) is 12.5. The van der Waals surface area contributed by atoms with Crippen molar-refractivity contribution in [1.82, 2.24) is 4.98 Å². The molecular weight excluding hydrogens is 254 g/mol. The molecule has 98 valence electrons. The van der Waals surface area contributed by atoms with Crippen LogP contribution in [0.15, 0.2) is 35.7 Å². The minimum absolute atomic E-state index is 0.0332. The largest absolute Gasteiger partial charge is 0.296 e. The molecule has 1 heterocycles. The van der Waals surface area contributed by atoms with E-state index in [4.69, 9.17) is 0 Å². The molecule has 1 fully saturated rings. The molecule has 1 aromatic carbocycles. The summed E-state index contributed by atoms with van der Waals surface area (Å²) in [7, 11) is 0. The normalized spacial score (nSPS) is 18.1. The lowest BCUT2D eigenvalue weighted by molar-refractivity contribution is 0.111. The monoisotopic (exact) mass is 271 g/mol. The number of rotatable bonds is 3. The average molecular weight is 271 g/mol. The summed E-state index contributed by atoms with van der Waals surface area (Å²) in [6, 6.07) is 10.7. The van der Waals surface area contributed by atoms with Gasteiger partial charge in [0.2, 0.25) is 0 Å². The van der Waals surface area contributed by atoms with E-state index in [-0.39, 0.29) is 5.41 Å². The van der Waals surface area contributed by atoms with E-state index in [0.717, 1.165) is 24.1 Å². The summed E-state index contributed by atoms with van der Waals surface area (Å²) >= 11 is 1.63. The number of carbonyl (C=O) groups excluding carboxylic acids is 1. The Kier molecular flexibility index (Phi) is 3.47. The van der Waals surface area contributed by atoms with Crippen LogP contribution >= 0.6 is 11.3 Å². The predicted molar refractivity (Wildman–Crippen MR) is 77.8 cm³/mol. The molecule has 3 rings (SSSR count). The smallest absolute Gasteiger partial charge is 0.169 e. The van der Waals surface area contributed by atoms with Crippen molar-refractivity contribution in [2.75, 3.05) is 0 Å². The highest BCUT2D eigenvalue weighted by molar-refractivity contribution is 7.10. The molecule has 1 saturated carbocycles. The fourth-order valence-corrected chi connectivity index (χ4v) is 4.14. The Morgan fingerprint density at radius 1 is 1.11 bits per heavy atom. The van der Waals surface area contributed by atoms with E-state index in [1.165, 1.54) is 24.8 Å². The van der Waals surface area contributed by atoms with Crippen LogP contribution < -0.4 is 0 Å². The fraction of sp³-hybridized carbons (Fsp3) is 0.375. The fourth-order valence-electron chi connectivity index (χ4n) is 3.10. The molecule has 0 saturated heterocycles. The molecule has 0 N–H and O–H groups in total. The minimum atomic E-state index is 0.0332. The van der Waals surface area contributed by atoms with Crippen molar-refractivity contribution >= 4 is 17.6 Å². The number of carbonyl (C=O) groups is 1. The number of thiazole rings is 1. The van der Waals surface area contributed by atoms with Gasteiger partial charge in [-0.2, -0.15) is 0 Å². The van der Waals surface area contributed by atoms with E-state index in [1.54, 1.807) is 11.3 Å². The van der Waals surface area contributed by atoms with E-state index >= 15 is 0 Å². The second-order valence-electron chi connectivity index (χ2n) is 5.20. The van der Waals surface area contributed by atoms with Crippen LogP contribution in [0.5, 0.6) is 0 Å². The van der Waals surface area contributed by atoms with Crippen molar-refractivity contribution in [1.29, 1.82) is 0 Å². The number of aromatic nitrogens is 1. The predicted octanol–water partition coefficient (Wildman–Crippen LogP) is 4.21. The zero-order valence-electron chi connectivity index (χ0n) is 10.8. The lowest BCUT2D eigenvalue weighted by atomic mass is 9.70. The highest BCUT2D eigenvalue weighted by Crippen LogP contribution is 2.45. The van der Waals surface area contributed by atoms with Gasteiger partial charge in [0, 0.05) is 10.8 Å². The van der Waals surface area contributed by atoms with Gasteiger partial charge < -0.3 is 0 Å². The Bertz CT molecular complexity index is 555. The summed E-state index contributed by atoms with van der Waals surface area (Å²) < 4.78 is 0. The maximum absolute atomic E-state index is 10.9. The first-order valence-corrected chi connectivity index (χ1v) is 7.70. The van der Waals surface area contributed by atoms with Gasteiger partial charge in [-0.05, 0) is 18.4 Å². The Morgan fingerprint density at radius 2 is 1.84 bits per heavy atom. The van der Waals surface area contributed by atoms with Gasteiger partial charge in [0.05, 0.1) is 0 Å². The van der Waals surface area contributed by atoms with Crippen LogP contribution in [0.4, 0.5) is 0 Å². The first-order chi connectivity index (χ1) is 9.35. The molecule has 0 aliphatic heterocycles. The van der Waals surface area contributed by atoms with Gasteiger partial charge in [-0.1, -0.05) is 49.6 Å². The van der Waals surface area contributed by atoms with E-state index in [0.29, 0.717) is 5.69 Å². The Morgan fingerprint density at radius 3 is 2.47 bits per heavy atom. The van der Waals surface area contributed by atoms with Crippen LogP contribution in [0.25, 0.3) is 0 Å². The molecular formula is C16H17NOS. The topological polar surface area (TPSA) is 30.0 Å². The highest BCUT2D eigenvalue weighted by Gasteiger charge is 2.38. The van der Waals surface area contributed by atoms with Crippen LogP contribution in [0.3, 0.4) is 0 Å². The average Bonchev–Trinajstić information content (AvgIpc) is 2.98. The van der Waals surface area contributed by atoms with Crippen LogP contribution in [-0.2, 0) is 5.41 Å². The van der Waals surface area contributed by atoms with Crippen LogP contribution in [0, 0.1) is 0 Å². The lowest BCUT2D eigenvalue weighted by Gasteiger charge is -2.36. The van der Waals surface area contributed by atoms with Crippen LogP contribution in [-0.4, -0.2) is 11.3 Å². The van der Waals surface area contributed by atoms with Crippen LogP contribution in [0.2, 0.25) is 0 Å². The SMILES string of the molecule is O=Cc1csc(C2(c3ccccc3)CCCCC2)n1. The molecule has 3 heteroatoms. The molecule has 0 atom stereocenters. The van der Waals surface area contributed by atoms with Gasteiger partial charge in [-0.3, -0.25) is 4.79 Å². The molecule has 2 nitrogen and oxygen atoms in total. The summed E-state index contributed by atoms with van der Waals surface area (Å²) in [5.74, 6) is 0. The minimum Gasteiger partial charge on any atom is -0.296 e. The zero-order valence-corrected chi connectivity index (χ0v) is 11.7. The third-order valence-electron chi connectivity index (χ3n) is 4.09. The quantitative estimate of drug-likeness (QED) is 0.783. The summed E-state index contributed by atoms with van der Waals surface area (Å²) in [4.78, 5) is 15.4. The molecule has 19 heavy (non-hydrogen) atoms. The maximum atomic E-state index is 10.9. The second-order valence-corrected chi connectivity index (χ2v) is 6.06. The van der Waals surface area contributed by atoms with Gasteiger partial charge in [-0.25, -0.2) is 4.98 Å². The Balaban J connectivity index is 2.08. The zero-order chi connectivity index (χ0) is 13.1. The van der Waals surface area contributed by atoms with Crippen molar-refractivity contribution in [2.45, 2.75) is 37.5 Å². The highest BCUT2D eigenvalue weighted by atomic mass is 32.1. The molecule has 0 spiro atoms. The molecule has 1 aliphatic rings. The second kappa shape index (κ2) is 5.25. The Hall–Kier alpha value is -1.48. The summed E-state index contributed by atoms with van der Waals surface area (Å²) in [6.07, 6.45) is 6.92. The van der Waals surface area contributed by atoms with Crippen molar-refractivity contribution in [3.05, 3.63) is 52.0 Å². The van der Waals surface area contributed by atoms with E-state index in [1.807, 2.05) is 5.38 Å². The molecule has 0 amide bonds. The van der Waals surface area contributed by atoms with E-state index in [2.05, 4.69) is 35.3 Å².